The van der Waals surface area contributed by atoms with Gasteiger partial charge in [0.25, 0.3) is 0 Å². The van der Waals surface area contributed by atoms with Gasteiger partial charge in [-0.2, -0.15) is 0 Å². The van der Waals surface area contributed by atoms with Crippen LogP contribution in [0.4, 0.5) is 5.82 Å². The van der Waals surface area contributed by atoms with Crippen molar-refractivity contribution in [3.63, 3.8) is 0 Å². The van der Waals surface area contributed by atoms with Gasteiger partial charge in [-0.05, 0) is 17.7 Å². The van der Waals surface area contributed by atoms with E-state index in [1.165, 1.54) is 35.4 Å². The molecule has 0 radical (unpaired) electrons. The largest absolute Gasteiger partial charge is 0.504 e. The molecule has 1 aromatic carbocycles. The van der Waals surface area contributed by atoms with Gasteiger partial charge in [-0.25, -0.2) is 19.7 Å². The number of aromatic nitrogens is 4. The van der Waals surface area contributed by atoms with Gasteiger partial charge in [0.2, 0.25) is 0 Å². The van der Waals surface area contributed by atoms with Crippen LogP contribution in [0.25, 0.3) is 11.2 Å². The predicted octanol–water partition coefficient (Wildman–Crippen LogP) is -1.04. The van der Waals surface area contributed by atoms with Crippen LogP contribution in [-0.2, 0) is 16.0 Å². The van der Waals surface area contributed by atoms with E-state index in [0.717, 1.165) is 0 Å². The SMILES string of the molecule is O=C(O)[C@H](Cc1ccc(O)c(O)c1)Nc1ncnc2c1ncn2C1OC(CO)C(O)C1O. The lowest BCUT2D eigenvalue weighted by Crippen LogP contribution is -2.33. The molecule has 5 atom stereocenters. The zero-order valence-corrected chi connectivity index (χ0v) is 16.5. The highest BCUT2D eigenvalue weighted by Crippen LogP contribution is 2.32. The van der Waals surface area contributed by atoms with E-state index in [0.29, 0.717) is 5.56 Å². The fraction of sp³-hybridized carbons (Fsp3) is 0.368. The first-order valence-electron chi connectivity index (χ1n) is 9.60. The van der Waals surface area contributed by atoms with Gasteiger partial charge in [0.15, 0.2) is 34.7 Å². The topological polar surface area (TPSA) is 203 Å². The van der Waals surface area contributed by atoms with Gasteiger partial charge in [0, 0.05) is 6.42 Å². The molecule has 3 heterocycles. The number of rotatable bonds is 7. The zero-order chi connectivity index (χ0) is 23.0. The van der Waals surface area contributed by atoms with Crippen molar-refractivity contribution >= 4 is 23.0 Å². The maximum Gasteiger partial charge on any atom is 0.326 e. The van der Waals surface area contributed by atoms with E-state index in [-0.39, 0.29) is 34.9 Å². The molecule has 0 bridgehead atoms. The Balaban J connectivity index is 1.61. The van der Waals surface area contributed by atoms with E-state index in [1.807, 2.05) is 0 Å². The first-order chi connectivity index (χ1) is 15.3. The van der Waals surface area contributed by atoms with Crippen molar-refractivity contribution in [3.05, 3.63) is 36.4 Å². The number of aliphatic hydroxyl groups is 3. The molecule has 7 N–H and O–H groups in total. The van der Waals surface area contributed by atoms with Crippen LogP contribution in [0.1, 0.15) is 11.8 Å². The quantitative estimate of drug-likeness (QED) is 0.217. The third-order valence-corrected chi connectivity index (χ3v) is 5.24. The molecule has 0 aliphatic carbocycles. The number of fused-ring (bicyclic) bond motifs is 1. The lowest BCUT2D eigenvalue weighted by molar-refractivity contribution is -0.137. The molecule has 0 amide bonds. The maximum atomic E-state index is 11.8. The van der Waals surface area contributed by atoms with Gasteiger partial charge in [-0.15, -0.1) is 0 Å². The average molecular weight is 447 g/mol. The zero-order valence-electron chi connectivity index (χ0n) is 16.5. The molecule has 170 valence electrons. The van der Waals surface area contributed by atoms with Crippen LogP contribution in [0.2, 0.25) is 0 Å². The first kappa shape index (κ1) is 21.7. The Morgan fingerprint density at radius 3 is 2.59 bits per heavy atom. The maximum absolute atomic E-state index is 11.8. The van der Waals surface area contributed by atoms with E-state index in [1.54, 1.807) is 0 Å². The molecule has 4 rings (SSSR count). The molecule has 1 aliphatic rings. The second-order valence-corrected chi connectivity index (χ2v) is 7.34. The Morgan fingerprint density at radius 2 is 1.94 bits per heavy atom. The molecule has 13 heteroatoms. The van der Waals surface area contributed by atoms with Gasteiger partial charge in [-0.1, -0.05) is 6.07 Å². The summed E-state index contributed by atoms with van der Waals surface area (Å²) in [4.78, 5) is 24.2. The second kappa shape index (κ2) is 8.55. The molecule has 1 fully saturated rings. The number of aliphatic hydroxyl groups excluding tert-OH is 3. The van der Waals surface area contributed by atoms with Gasteiger partial charge in [-0.3, -0.25) is 4.57 Å². The molecule has 2 aromatic heterocycles. The number of phenolic OH excluding ortho intramolecular Hbond substituents is 2. The summed E-state index contributed by atoms with van der Waals surface area (Å²) in [5, 5.41) is 61.1. The number of nitrogens with one attached hydrogen (secondary N) is 1. The minimum absolute atomic E-state index is 0.0375. The Kier molecular flexibility index (Phi) is 5.80. The standard InChI is InChI=1S/C19H21N5O8/c25-5-12-14(28)15(29)18(32-12)24-7-22-13-16(20-6-21-17(13)24)23-9(19(30)31)3-8-1-2-10(26)11(27)4-8/h1-2,4,6-7,9,12,14-15,18,25-29H,3,5H2,(H,30,31)(H,20,21,23)/t9-,12?,14?,15?,18?/m0/s1. The summed E-state index contributed by atoms with van der Waals surface area (Å²) in [5.41, 5.74) is 0.872. The molecule has 0 saturated carbocycles. The van der Waals surface area contributed by atoms with Crippen LogP contribution in [0.15, 0.2) is 30.9 Å². The summed E-state index contributed by atoms with van der Waals surface area (Å²) in [6.45, 7) is -0.490. The average Bonchev–Trinajstić information content (AvgIpc) is 3.32. The minimum atomic E-state index is -1.34. The number of anilines is 1. The highest BCUT2D eigenvalue weighted by atomic mass is 16.6. The third-order valence-electron chi connectivity index (χ3n) is 5.24. The molecule has 1 aliphatic heterocycles. The predicted molar refractivity (Wildman–Crippen MR) is 107 cm³/mol. The number of phenols is 2. The van der Waals surface area contributed by atoms with Crippen molar-refractivity contribution in [2.45, 2.75) is 37.0 Å². The number of hydrogen-bond acceptors (Lipinski definition) is 11. The summed E-state index contributed by atoms with van der Waals surface area (Å²) in [6, 6.07) is 2.85. The molecule has 13 nitrogen and oxygen atoms in total. The highest BCUT2D eigenvalue weighted by molar-refractivity contribution is 5.86. The lowest BCUT2D eigenvalue weighted by Gasteiger charge is -2.17. The summed E-state index contributed by atoms with van der Waals surface area (Å²) in [6.07, 6.45) is -2.25. The Morgan fingerprint density at radius 1 is 1.16 bits per heavy atom. The lowest BCUT2D eigenvalue weighted by atomic mass is 10.1. The van der Waals surface area contributed by atoms with E-state index in [4.69, 9.17) is 4.74 Å². The van der Waals surface area contributed by atoms with E-state index in [9.17, 15) is 35.4 Å². The number of imidazole rings is 1. The van der Waals surface area contributed by atoms with Crippen LogP contribution < -0.4 is 5.32 Å². The van der Waals surface area contributed by atoms with Crippen LogP contribution in [-0.4, -0.2) is 87.1 Å². The summed E-state index contributed by atoms with van der Waals surface area (Å²) >= 11 is 0. The molecule has 1 saturated heterocycles. The molecule has 32 heavy (non-hydrogen) atoms. The van der Waals surface area contributed by atoms with Crippen molar-refractivity contribution in [3.8, 4) is 11.5 Å². The first-order valence-corrected chi connectivity index (χ1v) is 9.60. The van der Waals surface area contributed by atoms with Crippen molar-refractivity contribution in [1.29, 1.82) is 0 Å². The number of hydrogen-bond donors (Lipinski definition) is 7. The summed E-state index contributed by atoms with van der Waals surface area (Å²) in [5.74, 6) is -1.77. The van der Waals surface area contributed by atoms with Crippen LogP contribution in [0.5, 0.6) is 11.5 Å². The fourth-order valence-electron chi connectivity index (χ4n) is 3.55. The number of carbonyl (C=O) groups is 1. The monoisotopic (exact) mass is 447 g/mol. The number of carboxylic acid groups (broad SMARTS) is 1. The van der Waals surface area contributed by atoms with E-state index >= 15 is 0 Å². The van der Waals surface area contributed by atoms with E-state index < -0.39 is 43.2 Å². The number of aromatic hydroxyl groups is 2. The number of carboxylic acids is 1. The molecule has 0 spiro atoms. The second-order valence-electron chi connectivity index (χ2n) is 7.34. The van der Waals surface area contributed by atoms with Gasteiger partial charge < -0.3 is 40.7 Å². The number of ether oxygens (including phenoxy) is 1. The van der Waals surface area contributed by atoms with Crippen LogP contribution in [0.3, 0.4) is 0 Å². The molecular formula is C19H21N5O8. The van der Waals surface area contributed by atoms with Crippen LogP contribution in [0, 0.1) is 0 Å². The van der Waals surface area contributed by atoms with Crippen molar-refractivity contribution in [2.24, 2.45) is 0 Å². The molecule has 3 aromatic rings. The Hall–Kier alpha value is -3.52. The number of benzene rings is 1. The highest BCUT2D eigenvalue weighted by Gasteiger charge is 2.44. The number of aliphatic carboxylic acids is 1. The van der Waals surface area contributed by atoms with Gasteiger partial charge >= 0.3 is 5.97 Å². The fourth-order valence-corrected chi connectivity index (χ4v) is 3.55. The van der Waals surface area contributed by atoms with E-state index in [2.05, 4.69) is 20.3 Å². The van der Waals surface area contributed by atoms with Crippen LogP contribution >= 0.6 is 0 Å². The molecule has 4 unspecified atom stereocenters. The molecular weight excluding hydrogens is 426 g/mol. The summed E-state index contributed by atoms with van der Waals surface area (Å²) < 4.78 is 6.86. The van der Waals surface area contributed by atoms with Gasteiger partial charge in [0.05, 0.1) is 12.9 Å². The smallest absolute Gasteiger partial charge is 0.326 e. The normalized spacial score (nSPS) is 24.0. The Bertz CT molecular complexity index is 1140. The minimum Gasteiger partial charge on any atom is -0.504 e. The van der Waals surface area contributed by atoms with Gasteiger partial charge in [0.1, 0.15) is 30.7 Å². The van der Waals surface area contributed by atoms with Crippen molar-refractivity contribution < 1.29 is 40.2 Å². The third kappa shape index (κ3) is 3.89. The Labute approximate surface area is 180 Å². The van der Waals surface area contributed by atoms with Crippen molar-refractivity contribution in [2.75, 3.05) is 11.9 Å². The number of nitrogens with zero attached hydrogens (tertiary/aromatic N) is 4. The summed E-state index contributed by atoms with van der Waals surface area (Å²) in [7, 11) is 0. The van der Waals surface area contributed by atoms with Crippen molar-refractivity contribution in [1.82, 2.24) is 19.5 Å².